The second-order valence-electron chi connectivity index (χ2n) is 5.28. The predicted molar refractivity (Wildman–Crippen MR) is 81.6 cm³/mol. The average Bonchev–Trinajstić information content (AvgIpc) is 2.69. The number of rotatable bonds is 4. The number of nitrogens with one attached hydrogen (secondary N) is 1. The molecule has 1 unspecified atom stereocenters. The van der Waals surface area contributed by atoms with Crippen LogP contribution in [0.3, 0.4) is 0 Å². The van der Waals surface area contributed by atoms with E-state index in [1.165, 1.54) is 7.11 Å². The molecule has 1 amide bonds. The van der Waals surface area contributed by atoms with Crippen LogP contribution in [0.25, 0.3) is 6.08 Å². The van der Waals surface area contributed by atoms with Crippen molar-refractivity contribution >= 4 is 18.0 Å². The molecule has 1 atom stereocenters. The molecule has 1 fully saturated rings. The number of benzene rings is 1. The third kappa shape index (κ3) is 5.06. The van der Waals surface area contributed by atoms with E-state index >= 15 is 0 Å². The average molecular weight is 287 g/mol. The van der Waals surface area contributed by atoms with Gasteiger partial charge in [-0.05, 0) is 24.0 Å². The summed E-state index contributed by atoms with van der Waals surface area (Å²) in [6, 6.07) is 7.87. The van der Waals surface area contributed by atoms with Crippen LogP contribution in [0.5, 0.6) is 0 Å². The van der Waals surface area contributed by atoms with Gasteiger partial charge in [-0.1, -0.05) is 42.8 Å². The van der Waals surface area contributed by atoms with Crippen molar-refractivity contribution in [2.24, 2.45) is 0 Å². The van der Waals surface area contributed by atoms with Gasteiger partial charge in [0.1, 0.15) is 0 Å². The molecule has 0 spiro atoms. The molecule has 1 saturated heterocycles. The fourth-order valence-electron chi connectivity index (χ4n) is 2.42. The summed E-state index contributed by atoms with van der Waals surface area (Å²) < 4.78 is 4.67. The molecule has 1 aliphatic rings. The van der Waals surface area contributed by atoms with Crippen molar-refractivity contribution in [3.8, 4) is 0 Å². The highest BCUT2D eigenvalue weighted by Crippen LogP contribution is 2.13. The molecule has 0 saturated carbocycles. The number of carbonyl (C=O) groups excluding carboxylic acids is 2. The van der Waals surface area contributed by atoms with Gasteiger partial charge in [0.05, 0.1) is 13.5 Å². The van der Waals surface area contributed by atoms with Gasteiger partial charge < -0.3 is 10.1 Å². The second-order valence-corrected chi connectivity index (χ2v) is 5.28. The van der Waals surface area contributed by atoms with Gasteiger partial charge >= 0.3 is 5.97 Å². The van der Waals surface area contributed by atoms with Crippen LogP contribution in [0.2, 0.25) is 0 Å². The maximum absolute atomic E-state index is 11.5. The maximum atomic E-state index is 11.5. The minimum absolute atomic E-state index is 0.101. The van der Waals surface area contributed by atoms with E-state index in [1.807, 2.05) is 36.4 Å². The summed E-state index contributed by atoms with van der Waals surface area (Å²) in [6.07, 6.45) is 7.93. The van der Waals surface area contributed by atoms with Gasteiger partial charge in [0.2, 0.25) is 5.91 Å². The zero-order chi connectivity index (χ0) is 15.1. The third-order valence-electron chi connectivity index (χ3n) is 3.56. The molecule has 0 aromatic heterocycles. The fraction of sp³-hybridized carbons (Fsp3) is 0.412. The van der Waals surface area contributed by atoms with E-state index in [0.29, 0.717) is 6.42 Å². The number of hydrogen-bond donors (Lipinski definition) is 1. The number of methoxy groups -OCH3 is 1. The monoisotopic (exact) mass is 287 g/mol. The number of ether oxygens (including phenoxy) is 1. The first kappa shape index (κ1) is 15.3. The van der Waals surface area contributed by atoms with Gasteiger partial charge in [0, 0.05) is 12.5 Å². The molecule has 0 radical (unpaired) electrons. The lowest BCUT2D eigenvalue weighted by molar-refractivity contribution is -0.139. The number of hydrogen-bond acceptors (Lipinski definition) is 3. The summed E-state index contributed by atoms with van der Waals surface area (Å²) in [4.78, 5) is 22.8. The summed E-state index contributed by atoms with van der Waals surface area (Å²) >= 11 is 0. The number of amides is 1. The van der Waals surface area contributed by atoms with Crippen molar-refractivity contribution in [2.45, 2.75) is 38.1 Å². The maximum Gasteiger partial charge on any atom is 0.309 e. The molecule has 1 heterocycles. The summed E-state index contributed by atoms with van der Waals surface area (Å²) in [5.74, 6) is -0.117. The van der Waals surface area contributed by atoms with Crippen LogP contribution in [0.15, 0.2) is 30.3 Å². The molecule has 0 aliphatic carbocycles. The Labute approximate surface area is 125 Å². The standard InChI is InChI=1S/C17H21NO3/c1-21-17(20)12-14-6-4-5-13(11-14)9-10-15-7-2-3-8-16(19)18-15/h4-6,9-11,15H,2-3,7-8,12H2,1H3,(H,18,19)/b10-9+. The van der Waals surface area contributed by atoms with E-state index in [0.717, 1.165) is 30.4 Å². The van der Waals surface area contributed by atoms with Gasteiger partial charge in [-0.2, -0.15) is 0 Å². The van der Waals surface area contributed by atoms with Gasteiger partial charge in [0.15, 0.2) is 0 Å². The van der Waals surface area contributed by atoms with Crippen LogP contribution in [0, 0.1) is 0 Å². The van der Waals surface area contributed by atoms with E-state index < -0.39 is 0 Å². The molecule has 0 bridgehead atoms. The van der Waals surface area contributed by atoms with Crippen molar-refractivity contribution in [3.05, 3.63) is 41.5 Å². The van der Waals surface area contributed by atoms with E-state index in [1.54, 1.807) is 0 Å². The van der Waals surface area contributed by atoms with Gasteiger partial charge in [-0.25, -0.2) is 0 Å². The van der Waals surface area contributed by atoms with Crippen molar-refractivity contribution in [1.82, 2.24) is 5.32 Å². The Morgan fingerprint density at radius 1 is 1.43 bits per heavy atom. The van der Waals surface area contributed by atoms with Crippen molar-refractivity contribution < 1.29 is 14.3 Å². The van der Waals surface area contributed by atoms with Crippen LogP contribution in [0.1, 0.15) is 36.8 Å². The van der Waals surface area contributed by atoms with Gasteiger partial charge in [0.25, 0.3) is 0 Å². The highest BCUT2D eigenvalue weighted by molar-refractivity contribution is 5.77. The first-order valence-corrected chi connectivity index (χ1v) is 7.30. The Morgan fingerprint density at radius 3 is 3.10 bits per heavy atom. The molecule has 1 N–H and O–H groups in total. The van der Waals surface area contributed by atoms with Gasteiger partial charge in [-0.3, -0.25) is 9.59 Å². The minimum atomic E-state index is -0.243. The second kappa shape index (κ2) is 7.62. The Morgan fingerprint density at radius 2 is 2.29 bits per heavy atom. The Hall–Kier alpha value is -2.10. The molecule has 112 valence electrons. The summed E-state index contributed by atoms with van der Waals surface area (Å²) in [7, 11) is 1.39. The molecule has 4 heteroatoms. The van der Waals surface area contributed by atoms with E-state index in [-0.39, 0.29) is 24.3 Å². The lowest BCUT2D eigenvalue weighted by atomic mass is 10.1. The Kier molecular flexibility index (Phi) is 5.55. The molecular weight excluding hydrogens is 266 g/mol. The number of esters is 1. The first-order valence-electron chi connectivity index (χ1n) is 7.30. The minimum Gasteiger partial charge on any atom is -0.469 e. The lowest BCUT2D eigenvalue weighted by Gasteiger charge is -2.10. The van der Waals surface area contributed by atoms with Crippen LogP contribution < -0.4 is 5.32 Å². The SMILES string of the molecule is COC(=O)Cc1cccc(/C=C/C2CCCCC(=O)N2)c1. The van der Waals surface area contributed by atoms with Crippen LogP contribution in [-0.2, 0) is 20.7 Å². The number of carbonyl (C=O) groups is 2. The Balaban J connectivity index is 2.01. The third-order valence-corrected chi connectivity index (χ3v) is 3.56. The molecule has 2 rings (SSSR count). The first-order chi connectivity index (χ1) is 10.2. The van der Waals surface area contributed by atoms with Crippen LogP contribution in [-0.4, -0.2) is 25.0 Å². The van der Waals surface area contributed by atoms with E-state index in [4.69, 9.17) is 0 Å². The van der Waals surface area contributed by atoms with Crippen LogP contribution in [0.4, 0.5) is 0 Å². The fourth-order valence-corrected chi connectivity index (χ4v) is 2.42. The van der Waals surface area contributed by atoms with Crippen molar-refractivity contribution in [1.29, 1.82) is 0 Å². The largest absolute Gasteiger partial charge is 0.469 e. The van der Waals surface area contributed by atoms with Crippen molar-refractivity contribution in [3.63, 3.8) is 0 Å². The highest BCUT2D eigenvalue weighted by atomic mass is 16.5. The highest BCUT2D eigenvalue weighted by Gasteiger charge is 2.13. The quantitative estimate of drug-likeness (QED) is 0.866. The van der Waals surface area contributed by atoms with Crippen molar-refractivity contribution in [2.75, 3.05) is 7.11 Å². The normalized spacial score (nSPS) is 19.1. The Bertz CT molecular complexity index is 537. The summed E-state index contributed by atoms with van der Waals surface area (Å²) in [5, 5.41) is 3.01. The zero-order valence-electron chi connectivity index (χ0n) is 12.3. The summed E-state index contributed by atoms with van der Waals surface area (Å²) in [6.45, 7) is 0. The lowest BCUT2D eigenvalue weighted by Crippen LogP contribution is -2.30. The molecule has 21 heavy (non-hydrogen) atoms. The smallest absolute Gasteiger partial charge is 0.309 e. The van der Waals surface area contributed by atoms with Gasteiger partial charge in [-0.15, -0.1) is 0 Å². The molecular formula is C17H21NO3. The summed E-state index contributed by atoms with van der Waals surface area (Å²) in [5.41, 5.74) is 1.95. The topological polar surface area (TPSA) is 55.4 Å². The molecule has 1 aromatic rings. The van der Waals surface area contributed by atoms with E-state index in [2.05, 4.69) is 10.1 Å². The van der Waals surface area contributed by atoms with E-state index in [9.17, 15) is 9.59 Å². The molecule has 1 aliphatic heterocycles. The molecule has 1 aromatic carbocycles. The molecule has 4 nitrogen and oxygen atoms in total. The van der Waals surface area contributed by atoms with Crippen LogP contribution >= 0.6 is 0 Å². The predicted octanol–water partition coefficient (Wildman–Crippen LogP) is 2.47. The zero-order valence-corrected chi connectivity index (χ0v) is 12.3.